The van der Waals surface area contributed by atoms with Crippen molar-refractivity contribution in [3.63, 3.8) is 0 Å². The van der Waals surface area contributed by atoms with E-state index in [2.05, 4.69) is 9.97 Å². The zero-order valence-corrected chi connectivity index (χ0v) is 12.0. The molecule has 0 N–H and O–H groups in total. The smallest absolute Gasteiger partial charge is 0.132 e. The minimum absolute atomic E-state index is 0. The molecular formula is C11H12Cl4N2. The second-order valence-corrected chi connectivity index (χ2v) is 3.34. The van der Waals surface area contributed by atoms with Crippen LogP contribution in [-0.4, -0.2) is 9.97 Å². The lowest BCUT2D eigenvalue weighted by atomic mass is 10.1. The van der Waals surface area contributed by atoms with Crippen LogP contribution in [-0.2, 0) is 6.42 Å². The van der Waals surface area contributed by atoms with Gasteiger partial charge < -0.3 is 0 Å². The van der Waals surface area contributed by atoms with E-state index in [1.165, 1.54) is 0 Å². The van der Waals surface area contributed by atoms with E-state index in [0.717, 1.165) is 16.4 Å². The Balaban J connectivity index is 0. The Hall–Kier alpha value is -0.540. The molecule has 0 radical (unpaired) electrons. The Kier molecular flexibility index (Phi) is 10.5. The van der Waals surface area contributed by atoms with Crippen LogP contribution in [0, 0.1) is 0 Å². The lowest BCUT2D eigenvalue weighted by molar-refractivity contribution is 0.968. The van der Waals surface area contributed by atoms with E-state index in [9.17, 15) is 0 Å². The number of nitrogens with zero attached hydrogens (tertiary/aromatic N) is 2. The molecule has 1 aromatic carbocycles. The quantitative estimate of drug-likeness (QED) is 0.838. The molecule has 0 bridgehead atoms. The molecule has 0 spiro atoms. The van der Waals surface area contributed by atoms with E-state index in [1.54, 1.807) is 18.5 Å². The molecule has 0 atom stereocenters. The van der Waals surface area contributed by atoms with Gasteiger partial charge in [0.2, 0.25) is 0 Å². The molecule has 1 aromatic heterocycles. The summed E-state index contributed by atoms with van der Waals surface area (Å²) in [6.45, 7) is 0. The van der Waals surface area contributed by atoms with Gasteiger partial charge in [0.1, 0.15) is 5.82 Å². The summed E-state index contributed by atoms with van der Waals surface area (Å²) in [5.41, 5.74) is 1.06. The van der Waals surface area contributed by atoms with Crippen molar-refractivity contribution < 1.29 is 0 Å². The average Bonchev–Trinajstić information content (AvgIpc) is 2.23. The Morgan fingerprint density at radius 1 is 0.882 bits per heavy atom. The lowest BCUT2D eigenvalue weighted by Gasteiger charge is -2.01. The molecular weight excluding hydrogens is 302 g/mol. The summed E-state index contributed by atoms with van der Waals surface area (Å²) >= 11 is 6.02. The Morgan fingerprint density at radius 2 is 1.47 bits per heavy atom. The predicted octanol–water partition coefficient (Wildman–Crippen LogP) is 3.99. The van der Waals surface area contributed by atoms with Crippen molar-refractivity contribution >= 4 is 48.8 Å². The van der Waals surface area contributed by atoms with Crippen LogP contribution < -0.4 is 0 Å². The highest BCUT2D eigenvalue weighted by Gasteiger charge is 2.01. The number of benzene rings is 1. The van der Waals surface area contributed by atoms with Crippen LogP contribution in [0.2, 0.25) is 5.02 Å². The summed E-state index contributed by atoms with van der Waals surface area (Å²) in [5, 5.41) is 0.764. The van der Waals surface area contributed by atoms with Gasteiger partial charge in [0.25, 0.3) is 0 Å². The first kappa shape index (κ1) is 18.8. The van der Waals surface area contributed by atoms with Crippen LogP contribution in [0.5, 0.6) is 0 Å². The molecule has 0 saturated carbocycles. The molecule has 0 fully saturated rings. The molecule has 0 amide bonds. The topological polar surface area (TPSA) is 25.8 Å². The molecule has 94 valence electrons. The second kappa shape index (κ2) is 9.49. The van der Waals surface area contributed by atoms with Crippen LogP contribution in [0.4, 0.5) is 0 Å². The van der Waals surface area contributed by atoms with Crippen molar-refractivity contribution in [3.05, 3.63) is 59.1 Å². The van der Waals surface area contributed by atoms with E-state index in [1.807, 2.05) is 24.3 Å². The van der Waals surface area contributed by atoms with E-state index in [4.69, 9.17) is 11.6 Å². The first-order valence-corrected chi connectivity index (χ1v) is 4.73. The van der Waals surface area contributed by atoms with Crippen molar-refractivity contribution in [2.75, 3.05) is 0 Å². The normalized spacial score (nSPS) is 8.29. The van der Waals surface area contributed by atoms with Crippen LogP contribution in [0.3, 0.4) is 0 Å². The highest BCUT2D eigenvalue weighted by atomic mass is 35.5. The lowest BCUT2D eigenvalue weighted by Crippen LogP contribution is -1.95. The summed E-state index contributed by atoms with van der Waals surface area (Å²) in [4.78, 5) is 8.29. The van der Waals surface area contributed by atoms with Gasteiger partial charge in [-0.15, -0.1) is 37.2 Å². The van der Waals surface area contributed by atoms with Gasteiger partial charge in [-0.3, -0.25) is 0 Å². The van der Waals surface area contributed by atoms with Gasteiger partial charge in [-0.2, -0.15) is 0 Å². The summed E-state index contributed by atoms with van der Waals surface area (Å²) in [5.74, 6) is 0.792. The molecule has 0 aliphatic heterocycles. The van der Waals surface area contributed by atoms with E-state index in [-0.39, 0.29) is 37.2 Å². The Morgan fingerprint density at radius 3 is 2.06 bits per heavy atom. The molecule has 0 saturated heterocycles. The summed E-state index contributed by atoms with van der Waals surface area (Å²) < 4.78 is 0. The molecule has 6 heteroatoms. The van der Waals surface area contributed by atoms with Crippen LogP contribution >= 0.6 is 48.8 Å². The van der Waals surface area contributed by atoms with Gasteiger partial charge in [0.15, 0.2) is 0 Å². The minimum atomic E-state index is 0. The Labute approximate surface area is 124 Å². The zero-order chi connectivity index (χ0) is 9.80. The van der Waals surface area contributed by atoms with Gasteiger partial charge in [0, 0.05) is 23.8 Å². The van der Waals surface area contributed by atoms with Crippen molar-refractivity contribution in [2.24, 2.45) is 0 Å². The molecule has 2 aromatic rings. The van der Waals surface area contributed by atoms with E-state index < -0.39 is 0 Å². The molecule has 1 heterocycles. The van der Waals surface area contributed by atoms with Crippen LogP contribution in [0.25, 0.3) is 0 Å². The van der Waals surface area contributed by atoms with E-state index >= 15 is 0 Å². The van der Waals surface area contributed by atoms with Gasteiger partial charge in [-0.05, 0) is 17.7 Å². The number of rotatable bonds is 2. The number of halogens is 4. The highest BCUT2D eigenvalue weighted by molar-refractivity contribution is 6.31. The monoisotopic (exact) mass is 312 g/mol. The SMILES string of the molecule is Cl.Cl.Cl.Clc1ccccc1Cc1ncccn1. The van der Waals surface area contributed by atoms with Gasteiger partial charge in [-0.25, -0.2) is 9.97 Å². The third kappa shape index (κ3) is 5.55. The molecule has 0 unspecified atom stereocenters. The molecule has 0 aliphatic carbocycles. The predicted molar refractivity (Wildman–Crippen MR) is 78.0 cm³/mol. The fourth-order valence-electron chi connectivity index (χ4n) is 1.23. The first-order chi connectivity index (χ1) is 6.86. The number of aromatic nitrogens is 2. The second-order valence-electron chi connectivity index (χ2n) is 2.93. The zero-order valence-electron chi connectivity index (χ0n) is 8.75. The summed E-state index contributed by atoms with van der Waals surface area (Å²) in [6.07, 6.45) is 4.15. The summed E-state index contributed by atoms with van der Waals surface area (Å²) in [6, 6.07) is 9.54. The van der Waals surface area contributed by atoms with Crippen molar-refractivity contribution in [3.8, 4) is 0 Å². The molecule has 2 nitrogen and oxygen atoms in total. The summed E-state index contributed by atoms with van der Waals surface area (Å²) in [7, 11) is 0. The maximum Gasteiger partial charge on any atom is 0.132 e. The molecule has 17 heavy (non-hydrogen) atoms. The van der Waals surface area contributed by atoms with Gasteiger partial charge in [0.05, 0.1) is 0 Å². The van der Waals surface area contributed by atoms with Crippen molar-refractivity contribution in [2.45, 2.75) is 6.42 Å². The average molecular weight is 314 g/mol. The van der Waals surface area contributed by atoms with E-state index in [0.29, 0.717) is 6.42 Å². The maximum absolute atomic E-state index is 6.02. The molecule has 0 aliphatic rings. The third-order valence-corrected chi connectivity index (χ3v) is 2.29. The van der Waals surface area contributed by atoms with Crippen molar-refractivity contribution in [1.29, 1.82) is 0 Å². The fourth-order valence-corrected chi connectivity index (χ4v) is 1.44. The molecule has 2 rings (SSSR count). The minimum Gasteiger partial charge on any atom is -0.241 e. The van der Waals surface area contributed by atoms with Gasteiger partial charge >= 0.3 is 0 Å². The third-order valence-electron chi connectivity index (χ3n) is 1.93. The fraction of sp³-hybridized carbons (Fsp3) is 0.0909. The van der Waals surface area contributed by atoms with Crippen LogP contribution in [0.15, 0.2) is 42.7 Å². The number of hydrogen-bond acceptors (Lipinski definition) is 2. The number of hydrogen-bond donors (Lipinski definition) is 0. The highest BCUT2D eigenvalue weighted by Crippen LogP contribution is 2.16. The van der Waals surface area contributed by atoms with Crippen molar-refractivity contribution in [1.82, 2.24) is 9.97 Å². The maximum atomic E-state index is 6.02. The Bertz CT molecular complexity index is 423. The van der Waals surface area contributed by atoms with Gasteiger partial charge in [-0.1, -0.05) is 29.8 Å². The first-order valence-electron chi connectivity index (χ1n) is 4.35. The largest absolute Gasteiger partial charge is 0.241 e. The van der Waals surface area contributed by atoms with Crippen LogP contribution in [0.1, 0.15) is 11.4 Å². The standard InChI is InChI=1S/C11H9ClN2.3ClH/c12-10-5-2-1-4-9(10)8-11-13-6-3-7-14-11;;;/h1-7H,8H2;3*1H.